The van der Waals surface area contributed by atoms with Gasteiger partial charge in [-0.15, -0.1) is 0 Å². The fourth-order valence-corrected chi connectivity index (χ4v) is 2.16. The van der Waals surface area contributed by atoms with Gasteiger partial charge in [0.05, 0.1) is 5.92 Å². The third-order valence-electron chi connectivity index (χ3n) is 3.30. The summed E-state index contributed by atoms with van der Waals surface area (Å²) in [5, 5.41) is 11.5. The fraction of sp³-hybridized carbons (Fsp3) is 0.333. The van der Waals surface area contributed by atoms with Crippen molar-refractivity contribution in [3.05, 3.63) is 42.0 Å². The number of nitrogens with two attached hydrogens (primary N) is 1. The van der Waals surface area contributed by atoms with E-state index in [4.69, 9.17) is 10.8 Å². The van der Waals surface area contributed by atoms with Crippen LogP contribution in [0.4, 0.5) is 5.69 Å². The Morgan fingerprint density at radius 1 is 1.25 bits per heavy atom. The first kappa shape index (κ1) is 14.3. The Labute approximate surface area is 117 Å². The van der Waals surface area contributed by atoms with Crippen molar-refractivity contribution in [1.82, 2.24) is 0 Å². The maximum atomic E-state index is 12.0. The van der Waals surface area contributed by atoms with E-state index in [-0.39, 0.29) is 24.3 Å². The highest BCUT2D eigenvalue weighted by Gasteiger charge is 2.22. The Kier molecular flexibility index (Phi) is 4.53. The highest BCUT2D eigenvalue weighted by molar-refractivity contribution is 5.94. The molecule has 0 radical (unpaired) electrons. The molecule has 0 heterocycles. The van der Waals surface area contributed by atoms with Crippen molar-refractivity contribution >= 4 is 17.6 Å². The number of aryl methyl sites for hydroxylation is 1. The van der Waals surface area contributed by atoms with Crippen molar-refractivity contribution in [3.8, 4) is 0 Å². The van der Waals surface area contributed by atoms with Crippen LogP contribution in [0.3, 0.4) is 0 Å². The minimum atomic E-state index is -0.813. The number of anilines is 1. The van der Waals surface area contributed by atoms with Crippen LogP contribution in [-0.2, 0) is 16.0 Å². The maximum absolute atomic E-state index is 12.0. The van der Waals surface area contributed by atoms with E-state index in [1.807, 2.05) is 24.3 Å². The van der Waals surface area contributed by atoms with Crippen LogP contribution in [0.25, 0.3) is 0 Å². The summed E-state index contributed by atoms with van der Waals surface area (Å²) in [6.45, 7) is 0. The summed E-state index contributed by atoms with van der Waals surface area (Å²) in [4.78, 5) is 22.4. The Hall–Kier alpha value is -2.14. The fourth-order valence-electron chi connectivity index (χ4n) is 2.16. The second kappa shape index (κ2) is 6.34. The Balaban J connectivity index is 1.88. The normalized spacial score (nSPS) is 20.9. The molecule has 0 saturated carbocycles. The van der Waals surface area contributed by atoms with Gasteiger partial charge < -0.3 is 16.2 Å². The zero-order chi connectivity index (χ0) is 14.5. The molecule has 2 atom stereocenters. The lowest BCUT2D eigenvalue weighted by atomic mass is 10.1. The first-order valence-corrected chi connectivity index (χ1v) is 6.60. The lowest BCUT2D eigenvalue weighted by Crippen LogP contribution is -2.23. The maximum Gasteiger partial charge on any atom is 0.303 e. The zero-order valence-electron chi connectivity index (χ0n) is 11.1. The quantitative estimate of drug-likeness (QED) is 0.710. The van der Waals surface area contributed by atoms with Gasteiger partial charge in [0.25, 0.3) is 0 Å². The molecular formula is C15H18N2O3. The van der Waals surface area contributed by atoms with Gasteiger partial charge in [-0.2, -0.15) is 0 Å². The van der Waals surface area contributed by atoms with E-state index in [0.29, 0.717) is 18.5 Å². The van der Waals surface area contributed by atoms with Crippen LogP contribution in [0.1, 0.15) is 18.4 Å². The lowest BCUT2D eigenvalue weighted by molar-refractivity contribution is -0.137. The van der Waals surface area contributed by atoms with Gasteiger partial charge in [-0.3, -0.25) is 9.59 Å². The predicted octanol–water partition coefficient (Wildman–Crippen LogP) is 1.55. The first-order valence-electron chi connectivity index (χ1n) is 6.60. The molecule has 2 unspecified atom stereocenters. The van der Waals surface area contributed by atoms with Crippen molar-refractivity contribution < 1.29 is 14.7 Å². The Bertz CT molecular complexity index is 522. The molecule has 5 heteroatoms. The van der Waals surface area contributed by atoms with Crippen molar-refractivity contribution in [2.45, 2.75) is 25.3 Å². The van der Waals surface area contributed by atoms with Crippen LogP contribution < -0.4 is 11.1 Å². The predicted molar refractivity (Wildman–Crippen MR) is 76.3 cm³/mol. The van der Waals surface area contributed by atoms with Gasteiger partial charge in [-0.25, -0.2) is 0 Å². The molecule has 1 aromatic rings. The number of carbonyl (C=O) groups excluding carboxylic acids is 1. The molecule has 1 aromatic carbocycles. The average molecular weight is 274 g/mol. The van der Waals surface area contributed by atoms with E-state index in [9.17, 15) is 9.59 Å². The van der Waals surface area contributed by atoms with Crippen LogP contribution in [0.5, 0.6) is 0 Å². The lowest BCUT2D eigenvalue weighted by Gasteiger charge is -2.11. The highest BCUT2D eigenvalue weighted by Crippen LogP contribution is 2.19. The second-order valence-corrected chi connectivity index (χ2v) is 4.97. The number of rotatable bonds is 5. The molecular weight excluding hydrogens is 256 g/mol. The molecule has 0 spiro atoms. The SMILES string of the molecule is NC1C=CC(C(=O)Nc2ccc(CCC(=O)O)cc2)C1. The Morgan fingerprint density at radius 2 is 1.95 bits per heavy atom. The molecule has 0 aliphatic heterocycles. The molecule has 0 fully saturated rings. The van der Waals surface area contributed by atoms with Gasteiger partial charge in [-0.1, -0.05) is 24.3 Å². The summed E-state index contributed by atoms with van der Waals surface area (Å²) in [5.74, 6) is -1.05. The van der Waals surface area contributed by atoms with Crippen LogP contribution in [-0.4, -0.2) is 23.0 Å². The van der Waals surface area contributed by atoms with Crippen LogP contribution in [0, 0.1) is 5.92 Å². The van der Waals surface area contributed by atoms with E-state index < -0.39 is 5.97 Å². The molecule has 0 aromatic heterocycles. The number of carboxylic acid groups (broad SMARTS) is 1. The van der Waals surface area contributed by atoms with Crippen LogP contribution in [0.2, 0.25) is 0 Å². The van der Waals surface area contributed by atoms with E-state index in [0.717, 1.165) is 5.56 Å². The summed E-state index contributed by atoms with van der Waals surface area (Å²) >= 11 is 0. The molecule has 0 bridgehead atoms. The van der Waals surface area contributed by atoms with Crippen molar-refractivity contribution in [1.29, 1.82) is 0 Å². The molecule has 1 amide bonds. The molecule has 106 valence electrons. The summed E-state index contributed by atoms with van der Waals surface area (Å²) in [7, 11) is 0. The molecule has 1 aliphatic rings. The number of carboxylic acids is 1. The molecule has 2 rings (SSSR count). The third-order valence-corrected chi connectivity index (χ3v) is 3.30. The van der Waals surface area contributed by atoms with Gasteiger partial charge >= 0.3 is 5.97 Å². The third kappa shape index (κ3) is 3.93. The standard InChI is InChI=1S/C15H18N2O3/c16-12-5-4-11(9-12)15(20)17-13-6-1-10(2-7-13)3-8-14(18)19/h1-2,4-7,11-12H,3,8-9,16H2,(H,17,20)(H,18,19). The average Bonchev–Trinajstić information content (AvgIpc) is 2.85. The monoisotopic (exact) mass is 274 g/mol. The number of hydrogen-bond donors (Lipinski definition) is 3. The summed E-state index contributed by atoms with van der Waals surface area (Å²) < 4.78 is 0. The minimum absolute atomic E-state index is 0.0378. The van der Waals surface area contributed by atoms with Gasteiger partial charge in [0.15, 0.2) is 0 Å². The zero-order valence-corrected chi connectivity index (χ0v) is 11.1. The van der Waals surface area contributed by atoms with Gasteiger partial charge in [0.2, 0.25) is 5.91 Å². The van der Waals surface area contributed by atoms with E-state index in [1.165, 1.54) is 0 Å². The van der Waals surface area contributed by atoms with Gasteiger partial charge in [-0.05, 0) is 30.5 Å². The Morgan fingerprint density at radius 3 is 2.50 bits per heavy atom. The smallest absolute Gasteiger partial charge is 0.303 e. The molecule has 4 N–H and O–H groups in total. The largest absolute Gasteiger partial charge is 0.481 e. The van der Waals surface area contributed by atoms with Crippen molar-refractivity contribution in [2.75, 3.05) is 5.32 Å². The van der Waals surface area contributed by atoms with E-state index in [2.05, 4.69) is 5.32 Å². The number of nitrogens with one attached hydrogen (secondary N) is 1. The number of benzene rings is 1. The summed E-state index contributed by atoms with van der Waals surface area (Å²) in [6, 6.07) is 7.19. The number of amides is 1. The van der Waals surface area contributed by atoms with Gasteiger partial charge in [0, 0.05) is 18.2 Å². The molecule has 20 heavy (non-hydrogen) atoms. The van der Waals surface area contributed by atoms with E-state index in [1.54, 1.807) is 12.1 Å². The highest BCUT2D eigenvalue weighted by atomic mass is 16.4. The first-order chi connectivity index (χ1) is 9.54. The molecule has 1 aliphatic carbocycles. The summed E-state index contributed by atoms with van der Waals surface area (Å²) in [6.07, 6.45) is 4.92. The number of carbonyl (C=O) groups is 2. The van der Waals surface area contributed by atoms with Gasteiger partial charge in [0.1, 0.15) is 0 Å². The number of aliphatic carboxylic acids is 1. The molecule has 5 nitrogen and oxygen atoms in total. The van der Waals surface area contributed by atoms with Crippen molar-refractivity contribution in [2.24, 2.45) is 11.7 Å². The molecule has 0 saturated heterocycles. The minimum Gasteiger partial charge on any atom is -0.481 e. The van der Waals surface area contributed by atoms with Crippen molar-refractivity contribution in [3.63, 3.8) is 0 Å². The topological polar surface area (TPSA) is 92.4 Å². The van der Waals surface area contributed by atoms with Crippen LogP contribution >= 0.6 is 0 Å². The summed E-state index contributed by atoms with van der Waals surface area (Å²) in [5.41, 5.74) is 7.37. The van der Waals surface area contributed by atoms with E-state index >= 15 is 0 Å². The second-order valence-electron chi connectivity index (χ2n) is 4.97. The number of hydrogen-bond acceptors (Lipinski definition) is 3. The van der Waals surface area contributed by atoms with Crippen LogP contribution in [0.15, 0.2) is 36.4 Å².